The van der Waals surface area contributed by atoms with Gasteiger partial charge < -0.3 is 10.2 Å². The number of anilines is 1. The number of carbonyl (C=O) groups excluding carboxylic acids is 1. The van der Waals surface area contributed by atoms with Crippen molar-refractivity contribution in [3.63, 3.8) is 0 Å². The number of quaternary nitrogens is 1. The number of hydrogen-bond donors (Lipinski definition) is 2. The van der Waals surface area contributed by atoms with E-state index >= 15 is 0 Å². The van der Waals surface area contributed by atoms with Crippen LogP contribution in [0.2, 0.25) is 0 Å². The Morgan fingerprint density at radius 2 is 1.88 bits per heavy atom. The van der Waals surface area contributed by atoms with E-state index in [-0.39, 0.29) is 10.8 Å². The normalized spacial score (nSPS) is 21.3. The second kappa shape index (κ2) is 8.78. The van der Waals surface area contributed by atoms with Crippen molar-refractivity contribution in [3.05, 3.63) is 24.3 Å². The van der Waals surface area contributed by atoms with Crippen LogP contribution in [0.5, 0.6) is 0 Å². The van der Waals surface area contributed by atoms with Gasteiger partial charge in [-0.1, -0.05) is 26.8 Å². The van der Waals surface area contributed by atoms with Crippen LogP contribution in [0.4, 0.5) is 5.69 Å². The van der Waals surface area contributed by atoms with Crippen molar-refractivity contribution in [2.75, 3.05) is 38.0 Å². The Kier molecular flexibility index (Phi) is 6.98. The van der Waals surface area contributed by atoms with Gasteiger partial charge in [-0.15, -0.1) is 0 Å². The summed E-state index contributed by atoms with van der Waals surface area (Å²) in [4.78, 5) is 13.8. The highest BCUT2D eigenvalue weighted by atomic mass is 32.2. The molecular weight excluding hydrogens is 338 g/mol. The van der Waals surface area contributed by atoms with Crippen molar-refractivity contribution in [2.45, 2.75) is 38.5 Å². The van der Waals surface area contributed by atoms with E-state index in [1.807, 2.05) is 13.8 Å². The second-order valence-corrected chi connectivity index (χ2v) is 8.71. The zero-order valence-corrected chi connectivity index (χ0v) is 16.2. The topological polar surface area (TPSA) is 70.9 Å². The van der Waals surface area contributed by atoms with Crippen LogP contribution >= 0.6 is 0 Å². The molecule has 1 aromatic carbocycles. The van der Waals surface area contributed by atoms with Crippen LogP contribution in [0.1, 0.15) is 33.6 Å². The molecule has 6 nitrogen and oxygen atoms in total. The Bertz CT molecular complexity index is 679. The lowest BCUT2D eigenvalue weighted by molar-refractivity contribution is -0.897. The summed E-state index contributed by atoms with van der Waals surface area (Å²) < 4.78 is 26.6. The first kappa shape index (κ1) is 19.9. The Morgan fingerprint density at radius 3 is 2.48 bits per heavy atom. The highest BCUT2D eigenvalue weighted by Crippen LogP contribution is 2.19. The van der Waals surface area contributed by atoms with Crippen LogP contribution in [-0.2, 0) is 14.8 Å². The molecule has 1 saturated heterocycles. The summed E-state index contributed by atoms with van der Waals surface area (Å²) in [6, 6.07) is 6.51. The van der Waals surface area contributed by atoms with Crippen molar-refractivity contribution >= 4 is 21.6 Å². The van der Waals surface area contributed by atoms with Gasteiger partial charge in [0, 0.05) is 18.8 Å². The van der Waals surface area contributed by atoms with Crippen LogP contribution in [0.25, 0.3) is 0 Å². The monoisotopic (exact) mass is 368 g/mol. The molecule has 0 bridgehead atoms. The lowest BCUT2D eigenvalue weighted by Crippen LogP contribution is -3.14. The fourth-order valence-corrected chi connectivity index (χ4v) is 4.73. The van der Waals surface area contributed by atoms with Crippen LogP contribution in [-0.4, -0.2) is 51.4 Å². The van der Waals surface area contributed by atoms with Gasteiger partial charge in [-0.3, -0.25) is 4.79 Å². The number of likely N-dealkylation sites (tertiary alicyclic amines) is 1. The van der Waals surface area contributed by atoms with Crippen molar-refractivity contribution in [1.29, 1.82) is 0 Å². The summed E-state index contributed by atoms with van der Waals surface area (Å²) in [6.45, 7) is 9.19. The summed E-state index contributed by atoms with van der Waals surface area (Å²) in [5, 5.41) is 2.85. The molecule has 1 amide bonds. The number of sulfonamides is 1. The van der Waals surface area contributed by atoms with Gasteiger partial charge in [0.25, 0.3) is 5.91 Å². The van der Waals surface area contributed by atoms with Gasteiger partial charge in [-0.25, -0.2) is 8.42 Å². The predicted molar refractivity (Wildman–Crippen MR) is 99.1 cm³/mol. The van der Waals surface area contributed by atoms with E-state index in [2.05, 4.69) is 12.2 Å². The number of nitrogens with one attached hydrogen (secondary N) is 2. The van der Waals surface area contributed by atoms with Crippen LogP contribution in [0.3, 0.4) is 0 Å². The average Bonchev–Trinajstić information content (AvgIpc) is 2.58. The number of carbonyl (C=O) groups is 1. The van der Waals surface area contributed by atoms with Crippen LogP contribution in [0.15, 0.2) is 29.2 Å². The summed E-state index contributed by atoms with van der Waals surface area (Å²) in [5.74, 6) is 0.677. The molecule has 25 heavy (non-hydrogen) atoms. The molecule has 0 radical (unpaired) electrons. The van der Waals surface area contributed by atoms with Gasteiger partial charge in [-0.2, -0.15) is 4.31 Å². The minimum absolute atomic E-state index is 0.0676. The maximum atomic E-state index is 12.6. The molecule has 1 aliphatic rings. The van der Waals surface area contributed by atoms with Gasteiger partial charge in [-0.05, 0) is 37.0 Å². The van der Waals surface area contributed by atoms with Gasteiger partial charge in [0.15, 0.2) is 6.54 Å². The summed E-state index contributed by atoms with van der Waals surface area (Å²) >= 11 is 0. The number of nitrogens with zero attached hydrogens (tertiary/aromatic N) is 1. The number of amides is 1. The second-order valence-electron chi connectivity index (χ2n) is 6.77. The van der Waals surface area contributed by atoms with Crippen LogP contribution in [0, 0.1) is 5.92 Å². The molecule has 0 saturated carbocycles. The van der Waals surface area contributed by atoms with E-state index < -0.39 is 10.0 Å². The van der Waals surface area contributed by atoms with E-state index in [0.29, 0.717) is 25.3 Å². The third-order valence-electron chi connectivity index (χ3n) is 4.85. The maximum Gasteiger partial charge on any atom is 0.279 e. The van der Waals surface area contributed by atoms with Crippen molar-refractivity contribution in [3.8, 4) is 0 Å². The molecular formula is C18H30N3O3S+. The zero-order valence-electron chi connectivity index (χ0n) is 15.4. The lowest BCUT2D eigenvalue weighted by atomic mass is 9.99. The fourth-order valence-electron chi connectivity index (χ4n) is 3.23. The SMILES string of the molecule is CCN(CC)S(=O)(=O)c1cccc(NC(=O)C[NH+]2CCC(C)CC2)c1. The minimum atomic E-state index is -3.52. The van der Waals surface area contributed by atoms with Gasteiger partial charge in [0.05, 0.1) is 18.0 Å². The lowest BCUT2D eigenvalue weighted by Gasteiger charge is -2.26. The predicted octanol–water partition coefficient (Wildman–Crippen LogP) is 0.970. The van der Waals surface area contributed by atoms with E-state index in [1.54, 1.807) is 24.3 Å². The Balaban J connectivity index is 2.02. The van der Waals surface area contributed by atoms with Gasteiger partial charge in [0.2, 0.25) is 10.0 Å². The molecule has 7 heteroatoms. The Labute approximate surface area is 151 Å². The molecule has 0 atom stereocenters. The largest absolute Gasteiger partial charge is 0.327 e. The molecule has 1 fully saturated rings. The van der Waals surface area contributed by atoms with Crippen molar-refractivity contribution in [2.24, 2.45) is 5.92 Å². The van der Waals surface area contributed by atoms with Crippen molar-refractivity contribution in [1.82, 2.24) is 4.31 Å². The number of piperidine rings is 1. The van der Waals surface area contributed by atoms with E-state index in [0.717, 1.165) is 31.8 Å². The first-order valence-corrected chi connectivity index (χ1v) is 10.5. The summed E-state index contributed by atoms with van der Waals surface area (Å²) in [7, 11) is -3.52. The van der Waals surface area contributed by atoms with Crippen molar-refractivity contribution < 1.29 is 18.1 Å². The number of benzene rings is 1. The molecule has 0 aliphatic carbocycles. The molecule has 2 N–H and O–H groups in total. The third kappa shape index (κ3) is 5.26. The van der Waals surface area contributed by atoms with Gasteiger partial charge in [0.1, 0.15) is 0 Å². The van der Waals surface area contributed by atoms with Crippen LogP contribution < -0.4 is 10.2 Å². The average molecular weight is 369 g/mol. The zero-order chi connectivity index (χ0) is 18.4. The smallest absolute Gasteiger partial charge is 0.279 e. The molecule has 0 spiro atoms. The van der Waals surface area contributed by atoms with E-state index in [1.165, 1.54) is 9.21 Å². The molecule has 0 unspecified atom stereocenters. The highest BCUT2D eigenvalue weighted by molar-refractivity contribution is 7.89. The highest BCUT2D eigenvalue weighted by Gasteiger charge is 2.23. The quantitative estimate of drug-likeness (QED) is 0.753. The van der Waals surface area contributed by atoms with E-state index in [9.17, 15) is 13.2 Å². The van der Waals surface area contributed by atoms with Gasteiger partial charge >= 0.3 is 0 Å². The summed E-state index contributed by atoms with van der Waals surface area (Å²) in [5.41, 5.74) is 0.531. The first-order chi connectivity index (χ1) is 11.9. The Morgan fingerprint density at radius 1 is 1.24 bits per heavy atom. The maximum absolute atomic E-state index is 12.6. The number of hydrogen-bond acceptors (Lipinski definition) is 3. The first-order valence-electron chi connectivity index (χ1n) is 9.10. The molecule has 1 aromatic rings. The molecule has 140 valence electrons. The number of rotatable bonds is 7. The Hall–Kier alpha value is -1.44. The molecule has 1 aliphatic heterocycles. The minimum Gasteiger partial charge on any atom is -0.327 e. The summed E-state index contributed by atoms with van der Waals surface area (Å²) in [6.07, 6.45) is 2.31. The molecule has 2 rings (SSSR count). The van der Waals surface area contributed by atoms with E-state index in [4.69, 9.17) is 0 Å². The molecule has 1 heterocycles. The standard InChI is InChI=1S/C18H29N3O3S/c1-4-21(5-2)25(23,24)17-8-6-7-16(13-17)19-18(22)14-20-11-9-15(3)10-12-20/h6-8,13,15H,4-5,9-12,14H2,1-3H3,(H,19,22)/p+1. The third-order valence-corrected chi connectivity index (χ3v) is 6.90. The molecule has 0 aromatic heterocycles. The fraction of sp³-hybridized carbons (Fsp3) is 0.611.